The average Bonchev–Trinajstić information content (AvgIpc) is 1.60. The third-order valence-electron chi connectivity index (χ3n) is 1.97. The van der Waals surface area contributed by atoms with Gasteiger partial charge in [0.1, 0.15) is 0 Å². The van der Waals surface area contributed by atoms with Gasteiger partial charge in [0.15, 0.2) is 0 Å². The van der Waals surface area contributed by atoms with E-state index < -0.39 is 0 Å². The van der Waals surface area contributed by atoms with Crippen LogP contribution in [0.1, 0.15) is 20.3 Å². The van der Waals surface area contributed by atoms with Crippen molar-refractivity contribution in [2.24, 2.45) is 0 Å². The minimum absolute atomic E-state index is 0. The SMILES string of the molecule is C=C(C)CC(C)[N+](C)(C)C.[Cl-]. The molecule has 0 N–H and O–H groups in total. The highest BCUT2D eigenvalue weighted by molar-refractivity contribution is 4.89. The molecular formula is C9H20ClN. The van der Waals surface area contributed by atoms with Crippen molar-refractivity contribution >= 4 is 0 Å². The Labute approximate surface area is 77.1 Å². The summed E-state index contributed by atoms with van der Waals surface area (Å²) < 4.78 is 1.02. The molecule has 11 heavy (non-hydrogen) atoms. The Balaban J connectivity index is 0. The maximum Gasteiger partial charge on any atom is 0.0892 e. The lowest BCUT2D eigenvalue weighted by molar-refractivity contribution is -0.893. The standard InChI is InChI=1S/C9H20N.ClH/c1-8(2)7-9(3)10(4,5)6;/h9H,1,7H2,2-6H3;1H/q+1;/p-1. The summed E-state index contributed by atoms with van der Waals surface area (Å²) in [6, 6.07) is 0.678. The number of nitrogens with zero attached hydrogens (tertiary/aromatic N) is 1. The second-order valence-electron chi connectivity index (χ2n) is 4.13. The van der Waals surface area contributed by atoms with Gasteiger partial charge in [0.25, 0.3) is 0 Å². The van der Waals surface area contributed by atoms with Crippen molar-refractivity contribution in [1.82, 2.24) is 0 Å². The van der Waals surface area contributed by atoms with Crippen molar-refractivity contribution < 1.29 is 16.9 Å². The Morgan fingerprint density at radius 1 is 1.36 bits per heavy atom. The van der Waals surface area contributed by atoms with Gasteiger partial charge in [0.2, 0.25) is 0 Å². The Hall–Kier alpha value is -0.0100. The molecule has 0 aromatic heterocycles. The molecule has 0 amide bonds. The summed E-state index contributed by atoms with van der Waals surface area (Å²) in [4.78, 5) is 0. The van der Waals surface area contributed by atoms with Gasteiger partial charge in [-0.05, 0) is 13.8 Å². The first-order chi connectivity index (χ1) is 4.34. The largest absolute Gasteiger partial charge is 1.00 e. The first-order valence-electron chi connectivity index (χ1n) is 3.79. The predicted octanol–water partition coefficient (Wildman–Crippen LogP) is -0.949. The molecule has 0 rings (SSSR count). The van der Waals surface area contributed by atoms with Gasteiger partial charge in [-0.3, -0.25) is 0 Å². The molecule has 0 saturated carbocycles. The average molecular weight is 178 g/mol. The summed E-state index contributed by atoms with van der Waals surface area (Å²) in [5.41, 5.74) is 1.28. The Morgan fingerprint density at radius 3 is 1.82 bits per heavy atom. The molecule has 0 aliphatic carbocycles. The van der Waals surface area contributed by atoms with Gasteiger partial charge in [0.05, 0.1) is 27.2 Å². The highest BCUT2D eigenvalue weighted by Crippen LogP contribution is 2.10. The van der Waals surface area contributed by atoms with E-state index in [0.29, 0.717) is 6.04 Å². The monoisotopic (exact) mass is 177 g/mol. The molecule has 0 aliphatic rings. The van der Waals surface area contributed by atoms with Gasteiger partial charge < -0.3 is 16.9 Å². The first-order valence-corrected chi connectivity index (χ1v) is 3.79. The van der Waals surface area contributed by atoms with Crippen LogP contribution in [0.5, 0.6) is 0 Å². The zero-order chi connectivity index (χ0) is 8.36. The lowest BCUT2D eigenvalue weighted by atomic mass is 10.1. The summed E-state index contributed by atoms with van der Waals surface area (Å²) in [5, 5.41) is 0. The molecule has 0 spiro atoms. The molecule has 0 aliphatic heterocycles. The number of quaternary nitrogens is 1. The van der Waals surface area contributed by atoms with Crippen molar-refractivity contribution in [2.75, 3.05) is 21.1 Å². The summed E-state index contributed by atoms with van der Waals surface area (Å²) in [6.45, 7) is 8.25. The van der Waals surface area contributed by atoms with E-state index in [1.165, 1.54) is 5.57 Å². The fourth-order valence-corrected chi connectivity index (χ4v) is 0.778. The van der Waals surface area contributed by atoms with Crippen LogP contribution in [0, 0.1) is 0 Å². The third kappa shape index (κ3) is 6.39. The number of rotatable bonds is 3. The van der Waals surface area contributed by atoms with E-state index in [9.17, 15) is 0 Å². The molecule has 1 unspecified atom stereocenters. The van der Waals surface area contributed by atoms with E-state index in [1.54, 1.807) is 0 Å². The molecule has 0 bridgehead atoms. The first kappa shape index (κ1) is 13.6. The predicted molar refractivity (Wildman–Crippen MR) is 46.9 cm³/mol. The minimum Gasteiger partial charge on any atom is -1.00 e. The van der Waals surface area contributed by atoms with Crippen LogP contribution >= 0.6 is 0 Å². The molecule has 1 nitrogen and oxygen atoms in total. The van der Waals surface area contributed by atoms with Crippen LogP contribution in [-0.2, 0) is 0 Å². The normalized spacial score (nSPS) is 13.5. The topological polar surface area (TPSA) is 0 Å². The van der Waals surface area contributed by atoms with E-state index in [4.69, 9.17) is 0 Å². The highest BCUT2D eigenvalue weighted by atomic mass is 35.5. The maximum absolute atomic E-state index is 3.90. The Morgan fingerprint density at radius 2 is 1.73 bits per heavy atom. The molecule has 0 heterocycles. The van der Waals surface area contributed by atoms with Gasteiger partial charge in [-0.2, -0.15) is 0 Å². The lowest BCUT2D eigenvalue weighted by Gasteiger charge is -2.31. The zero-order valence-electron chi connectivity index (χ0n) is 8.32. The number of hydrogen-bond donors (Lipinski definition) is 0. The molecule has 0 fully saturated rings. The van der Waals surface area contributed by atoms with Crippen LogP contribution < -0.4 is 12.4 Å². The van der Waals surface area contributed by atoms with Crippen LogP contribution in [0.25, 0.3) is 0 Å². The number of halogens is 1. The van der Waals surface area contributed by atoms with Gasteiger partial charge in [-0.15, -0.1) is 0 Å². The molecule has 0 radical (unpaired) electrons. The molecule has 2 heteroatoms. The Kier molecular flexibility index (Phi) is 5.90. The minimum atomic E-state index is 0. The number of hydrogen-bond acceptors (Lipinski definition) is 0. The molecule has 0 saturated heterocycles. The van der Waals surface area contributed by atoms with Crippen molar-refractivity contribution in [3.05, 3.63) is 12.2 Å². The lowest BCUT2D eigenvalue weighted by Crippen LogP contribution is -3.00. The molecule has 1 atom stereocenters. The second kappa shape index (κ2) is 4.78. The fourth-order valence-electron chi connectivity index (χ4n) is 0.778. The summed E-state index contributed by atoms with van der Waals surface area (Å²) in [6.07, 6.45) is 1.13. The van der Waals surface area contributed by atoms with Gasteiger partial charge in [-0.25, -0.2) is 0 Å². The molecule has 0 aromatic rings. The molecular weight excluding hydrogens is 158 g/mol. The van der Waals surface area contributed by atoms with Gasteiger partial charge in [-0.1, -0.05) is 12.2 Å². The van der Waals surface area contributed by atoms with Crippen LogP contribution in [0.15, 0.2) is 12.2 Å². The van der Waals surface area contributed by atoms with E-state index in [-0.39, 0.29) is 12.4 Å². The van der Waals surface area contributed by atoms with E-state index in [2.05, 4.69) is 41.6 Å². The molecule has 0 aromatic carbocycles. The quantitative estimate of drug-likeness (QED) is 0.386. The van der Waals surface area contributed by atoms with Gasteiger partial charge >= 0.3 is 0 Å². The van der Waals surface area contributed by atoms with E-state index >= 15 is 0 Å². The maximum atomic E-state index is 3.90. The van der Waals surface area contributed by atoms with Crippen LogP contribution in [-0.4, -0.2) is 31.7 Å². The third-order valence-corrected chi connectivity index (χ3v) is 1.97. The van der Waals surface area contributed by atoms with Crippen molar-refractivity contribution in [3.8, 4) is 0 Å². The van der Waals surface area contributed by atoms with Gasteiger partial charge in [0, 0.05) is 6.42 Å². The second-order valence-corrected chi connectivity index (χ2v) is 4.13. The van der Waals surface area contributed by atoms with Crippen molar-refractivity contribution in [3.63, 3.8) is 0 Å². The smallest absolute Gasteiger partial charge is 0.0892 e. The Bertz CT molecular complexity index is 124. The molecule has 68 valence electrons. The van der Waals surface area contributed by atoms with Crippen LogP contribution in [0.4, 0.5) is 0 Å². The summed E-state index contributed by atoms with van der Waals surface area (Å²) in [5.74, 6) is 0. The van der Waals surface area contributed by atoms with Crippen molar-refractivity contribution in [2.45, 2.75) is 26.3 Å². The van der Waals surface area contributed by atoms with E-state index in [0.717, 1.165) is 10.9 Å². The summed E-state index contributed by atoms with van der Waals surface area (Å²) in [7, 11) is 6.65. The van der Waals surface area contributed by atoms with Crippen molar-refractivity contribution in [1.29, 1.82) is 0 Å². The van der Waals surface area contributed by atoms with Crippen LogP contribution in [0.2, 0.25) is 0 Å². The zero-order valence-corrected chi connectivity index (χ0v) is 9.07. The fraction of sp³-hybridized carbons (Fsp3) is 0.778. The van der Waals surface area contributed by atoms with Crippen LogP contribution in [0.3, 0.4) is 0 Å². The summed E-state index contributed by atoms with van der Waals surface area (Å²) >= 11 is 0. The van der Waals surface area contributed by atoms with E-state index in [1.807, 2.05) is 0 Å². The highest BCUT2D eigenvalue weighted by Gasteiger charge is 2.17.